The van der Waals surface area contributed by atoms with E-state index in [2.05, 4.69) is 44.4 Å². The number of thioether (sulfide) groups is 1. The Balaban J connectivity index is 3.50. The van der Waals surface area contributed by atoms with E-state index in [1.54, 1.807) is 0 Å². The van der Waals surface area contributed by atoms with E-state index in [-0.39, 0.29) is 0 Å². The summed E-state index contributed by atoms with van der Waals surface area (Å²) < 4.78 is 0. The third-order valence-corrected chi connectivity index (χ3v) is 3.31. The van der Waals surface area contributed by atoms with Crippen LogP contribution in [-0.2, 0) is 0 Å². The van der Waals surface area contributed by atoms with Crippen molar-refractivity contribution in [3.8, 4) is 0 Å². The first kappa shape index (κ1) is 14.3. The lowest BCUT2D eigenvalue weighted by molar-refractivity contribution is 0.286. The van der Waals surface area contributed by atoms with Gasteiger partial charge in [0.25, 0.3) is 0 Å². The van der Waals surface area contributed by atoms with Gasteiger partial charge in [0.1, 0.15) is 0 Å². The van der Waals surface area contributed by atoms with Gasteiger partial charge < -0.3 is 4.90 Å². The molecule has 0 fully saturated rings. The molecule has 0 spiro atoms. The molecule has 0 aromatic carbocycles. The summed E-state index contributed by atoms with van der Waals surface area (Å²) >= 11 is 2.08. The SMILES string of the molecule is CCCCN(CCC)CCSC(C)C. The lowest BCUT2D eigenvalue weighted by Crippen LogP contribution is -2.28. The zero-order chi connectivity index (χ0) is 10.8. The molecule has 0 aliphatic heterocycles. The zero-order valence-electron chi connectivity index (χ0n) is 10.4. The van der Waals surface area contributed by atoms with E-state index in [1.165, 1.54) is 44.6 Å². The van der Waals surface area contributed by atoms with E-state index in [9.17, 15) is 0 Å². The van der Waals surface area contributed by atoms with Crippen LogP contribution in [0.2, 0.25) is 0 Å². The van der Waals surface area contributed by atoms with Crippen LogP contribution in [0.4, 0.5) is 0 Å². The predicted octanol–water partition coefficient (Wildman–Crippen LogP) is 3.64. The Labute approximate surface area is 94.6 Å². The smallest absolute Gasteiger partial charge is 0.00724 e. The van der Waals surface area contributed by atoms with Crippen molar-refractivity contribution in [3.05, 3.63) is 0 Å². The summed E-state index contributed by atoms with van der Waals surface area (Å²) in [4.78, 5) is 2.61. The van der Waals surface area contributed by atoms with E-state index in [0.717, 1.165) is 5.25 Å². The molecule has 0 amide bonds. The summed E-state index contributed by atoms with van der Waals surface area (Å²) in [5.41, 5.74) is 0. The van der Waals surface area contributed by atoms with Crippen LogP contribution in [0.5, 0.6) is 0 Å². The van der Waals surface area contributed by atoms with E-state index in [4.69, 9.17) is 0 Å². The molecule has 0 aromatic rings. The Kier molecular flexibility index (Phi) is 10.1. The molecule has 2 heteroatoms. The van der Waals surface area contributed by atoms with Crippen LogP contribution in [0.25, 0.3) is 0 Å². The highest BCUT2D eigenvalue weighted by Gasteiger charge is 2.03. The molecule has 0 saturated heterocycles. The van der Waals surface area contributed by atoms with Crippen molar-refractivity contribution < 1.29 is 0 Å². The first-order valence-electron chi connectivity index (χ1n) is 6.04. The van der Waals surface area contributed by atoms with Gasteiger partial charge in [-0.25, -0.2) is 0 Å². The van der Waals surface area contributed by atoms with Gasteiger partial charge in [-0.1, -0.05) is 34.1 Å². The average molecular weight is 217 g/mol. The van der Waals surface area contributed by atoms with Gasteiger partial charge in [-0.05, 0) is 31.2 Å². The summed E-state index contributed by atoms with van der Waals surface area (Å²) in [6.45, 7) is 12.9. The summed E-state index contributed by atoms with van der Waals surface area (Å²) in [5.74, 6) is 1.29. The minimum atomic E-state index is 0.782. The van der Waals surface area contributed by atoms with Crippen LogP contribution >= 0.6 is 11.8 Å². The molecule has 0 aromatic heterocycles. The Morgan fingerprint density at radius 3 is 2.21 bits per heavy atom. The molecule has 0 bridgehead atoms. The molecule has 14 heavy (non-hydrogen) atoms. The highest BCUT2D eigenvalue weighted by molar-refractivity contribution is 7.99. The fourth-order valence-electron chi connectivity index (χ4n) is 1.45. The van der Waals surface area contributed by atoms with Crippen LogP contribution < -0.4 is 0 Å². The number of nitrogens with zero attached hydrogens (tertiary/aromatic N) is 1. The lowest BCUT2D eigenvalue weighted by atomic mass is 10.3. The molecule has 0 rings (SSSR count). The largest absolute Gasteiger partial charge is 0.303 e. The molecule has 0 heterocycles. The highest BCUT2D eigenvalue weighted by atomic mass is 32.2. The summed E-state index contributed by atoms with van der Waals surface area (Å²) in [5, 5.41) is 0.782. The Morgan fingerprint density at radius 2 is 1.71 bits per heavy atom. The second-order valence-electron chi connectivity index (χ2n) is 4.11. The zero-order valence-corrected chi connectivity index (χ0v) is 11.2. The minimum Gasteiger partial charge on any atom is -0.303 e. The van der Waals surface area contributed by atoms with Crippen molar-refractivity contribution in [2.45, 2.75) is 52.2 Å². The first-order chi connectivity index (χ1) is 6.70. The lowest BCUT2D eigenvalue weighted by Gasteiger charge is -2.21. The second-order valence-corrected chi connectivity index (χ2v) is 5.80. The van der Waals surface area contributed by atoms with Gasteiger partial charge in [-0.3, -0.25) is 0 Å². The van der Waals surface area contributed by atoms with Crippen molar-refractivity contribution in [1.29, 1.82) is 0 Å². The monoisotopic (exact) mass is 217 g/mol. The predicted molar refractivity (Wildman–Crippen MR) is 69.2 cm³/mol. The molecule has 0 saturated carbocycles. The number of hydrogen-bond donors (Lipinski definition) is 0. The van der Waals surface area contributed by atoms with E-state index in [1.807, 2.05) is 0 Å². The maximum Gasteiger partial charge on any atom is 0.00724 e. The van der Waals surface area contributed by atoms with Crippen molar-refractivity contribution in [2.75, 3.05) is 25.4 Å². The molecule has 0 aliphatic rings. The quantitative estimate of drug-likeness (QED) is 0.580. The van der Waals surface area contributed by atoms with Gasteiger partial charge in [0, 0.05) is 12.3 Å². The molecule has 0 unspecified atom stereocenters. The number of hydrogen-bond acceptors (Lipinski definition) is 2. The van der Waals surface area contributed by atoms with Gasteiger partial charge in [-0.15, -0.1) is 0 Å². The van der Waals surface area contributed by atoms with Crippen molar-refractivity contribution in [2.24, 2.45) is 0 Å². The number of rotatable bonds is 9. The van der Waals surface area contributed by atoms with E-state index < -0.39 is 0 Å². The van der Waals surface area contributed by atoms with Crippen LogP contribution in [0.15, 0.2) is 0 Å². The van der Waals surface area contributed by atoms with Crippen LogP contribution in [0, 0.1) is 0 Å². The standard InChI is InChI=1S/C12H27NS/c1-5-7-9-13(8-6-2)10-11-14-12(3)4/h12H,5-11H2,1-4H3. The molecular formula is C12H27NS. The molecule has 0 aliphatic carbocycles. The van der Waals surface area contributed by atoms with Gasteiger partial charge in [0.05, 0.1) is 0 Å². The Bertz CT molecular complexity index is 115. The molecule has 86 valence electrons. The normalized spacial score (nSPS) is 11.6. The molecular weight excluding hydrogens is 190 g/mol. The van der Waals surface area contributed by atoms with Crippen LogP contribution in [-0.4, -0.2) is 35.5 Å². The summed E-state index contributed by atoms with van der Waals surface area (Å²) in [6.07, 6.45) is 3.96. The molecule has 0 N–H and O–H groups in total. The first-order valence-corrected chi connectivity index (χ1v) is 7.09. The van der Waals surface area contributed by atoms with Crippen LogP contribution in [0.3, 0.4) is 0 Å². The highest BCUT2D eigenvalue weighted by Crippen LogP contribution is 2.09. The molecule has 0 radical (unpaired) electrons. The Morgan fingerprint density at radius 1 is 1.00 bits per heavy atom. The van der Waals surface area contributed by atoms with Gasteiger partial charge in [-0.2, -0.15) is 11.8 Å². The van der Waals surface area contributed by atoms with E-state index in [0.29, 0.717) is 0 Å². The van der Waals surface area contributed by atoms with Crippen molar-refractivity contribution >= 4 is 11.8 Å². The average Bonchev–Trinajstić information content (AvgIpc) is 2.13. The minimum absolute atomic E-state index is 0.782. The topological polar surface area (TPSA) is 3.24 Å². The van der Waals surface area contributed by atoms with Crippen molar-refractivity contribution in [1.82, 2.24) is 4.90 Å². The maximum atomic E-state index is 2.61. The Hall–Kier alpha value is 0.310. The van der Waals surface area contributed by atoms with E-state index >= 15 is 0 Å². The fraction of sp³-hybridized carbons (Fsp3) is 1.00. The van der Waals surface area contributed by atoms with Gasteiger partial charge in [0.2, 0.25) is 0 Å². The number of unbranched alkanes of at least 4 members (excludes halogenated alkanes) is 1. The second kappa shape index (κ2) is 9.85. The fourth-order valence-corrected chi connectivity index (χ4v) is 2.29. The third-order valence-electron chi connectivity index (χ3n) is 2.23. The molecule has 0 atom stereocenters. The van der Waals surface area contributed by atoms with Crippen molar-refractivity contribution in [3.63, 3.8) is 0 Å². The summed E-state index contributed by atoms with van der Waals surface area (Å²) in [7, 11) is 0. The van der Waals surface area contributed by atoms with Gasteiger partial charge >= 0.3 is 0 Å². The third kappa shape index (κ3) is 8.89. The van der Waals surface area contributed by atoms with Gasteiger partial charge in [0.15, 0.2) is 0 Å². The van der Waals surface area contributed by atoms with Crippen LogP contribution in [0.1, 0.15) is 47.0 Å². The maximum absolute atomic E-state index is 2.61. The molecule has 1 nitrogen and oxygen atoms in total. The summed E-state index contributed by atoms with van der Waals surface area (Å²) in [6, 6.07) is 0.